The van der Waals surface area contributed by atoms with Gasteiger partial charge in [-0.15, -0.1) is 0 Å². The lowest BCUT2D eigenvalue weighted by Crippen LogP contribution is -2.58. The fourth-order valence-electron chi connectivity index (χ4n) is 5.83. The van der Waals surface area contributed by atoms with Gasteiger partial charge in [0.1, 0.15) is 11.6 Å². The second kappa shape index (κ2) is 10.8. The lowest BCUT2D eigenvalue weighted by Gasteiger charge is -2.43. The molecule has 1 aromatic rings. The first-order valence-electron chi connectivity index (χ1n) is 13.4. The summed E-state index contributed by atoms with van der Waals surface area (Å²) >= 11 is 0. The summed E-state index contributed by atoms with van der Waals surface area (Å²) in [7, 11) is 4.07. The Kier molecular flexibility index (Phi) is 7.93. The summed E-state index contributed by atoms with van der Waals surface area (Å²) in [5.41, 5.74) is 2.46. The number of piperidine rings is 1. The zero-order chi connectivity index (χ0) is 26.9. The number of aromatic nitrogens is 1. The van der Waals surface area contributed by atoms with Crippen molar-refractivity contribution in [1.82, 2.24) is 14.8 Å². The molecule has 0 saturated carbocycles. The SMILES string of the molecule is [C-]#[N+]C[C@@H]1C[C@@H](Cc2c3c(nc(N4CC(N(C)C)C4)c2[N+](=O)[O-])CCCC3)CCN1C(=O)OC(C)(C)C. The molecular formula is C27H40N6O4. The number of amides is 1. The van der Waals surface area contributed by atoms with E-state index in [0.29, 0.717) is 31.2 Å². The molecule has 1 amide bonds. The van der Waals surface area contributed by atoms with Crippen molar-refractivity contribution in [3.63, 3.8) is 0 Å². The number of carbonyl (C=O) groups excluding carboxylic acids is 1. The highest BCUT2D eigenvalue weighted by Gasteiger charge is 2.40. The van der Waals surface area contributed by atoms with Crippen molar-refractivity contribution >= 4 is 17.6 Å². The fraction of sp³-hybridized carbons (Fsp3) is 0.741. The number of likely N-dealkylation sites (tertiary alicyclic amines) is 1. The average Bonchev–Trinajstić information content (AvgIpc) is 2.77. The number of aryl methyl sites for hydroxylation is 1. The van der Waals surface area contributed by atoms with Crippen LogP contribution in [-0.2, 0) is 24.0 Å². The second-order valence-electron chi connectivity index (χ2n) is 11.9. The van der Waals surface area contributed by atoms with Gasteiger partial charge in [-0.2, -0.15) is 0 Å². The molecule has 1 aliphatic carbocycles. The molecule has 0 aromatic carbocycles. The Morgan fingerprint density at radius 1 is 1.27 bits per heavy atom. The zero-order valence-electron chi connectivity index (χ0n) is 22.8. The molecule has 2 atom stereocenters. The minimum atomic E-state index is -0.605. The first kappa shape index (κ1) is 27.1. The normalized spacial score (nSPS) is 22.3. The molecular weight excluding hydrogens is 472 g/mol. The maximum absolute atomic E-state index is 12.8. The van der Waals surface area contributed by atoms with Crippen molar-refractivity contribution < 1.29 is 14.5 Å². The second-order valence-corrected chi connectivity index (χ2v) is 11.9. The number of carbonyl (C=O) groups is 1. The minimum absolute atomic E-state index is 0.149. The number of rotatable bonds is 6. The van der Waals surface area contributed by atoms with E-state index in [-0.39, 0.29) is 35.2 Å². The first-order valence-corrected chi connectivity index (χ1v) is 13.4. The van der Waals surface area contributed by atoms with E-state index in [1.807, 2.05) is 39.8 Å². The third-order valence-electron chi connectivity index (χ3n) is 7.86. The summed E-state index contributed by atoms with van der Waals surface area (Å²) < 4.78 is 5.60. The summed E-state index contributed by atoms with van der Waals surface area (Å²) in [5, 5.41) is 12.5. The number of hydrogen-bond donors (Lipinski definition) is 0. The number of pyridine rings is 1. The van der Waals surface area contributed by atoms with Gasteiger partial charge in [-0.25, -0.2) is 16.4 Å². The van der Waals surface area contributed by atoms with Crippen LogP contribution in [0.4, 0.5) is 16.3 Å². The molecule has 0 unspecified atom stereocenters. The van der Waals surface area contributed by atoms with Gasteiger partial charge in [0.2, 0.25) is 12.4 Å². The Balaban J connectivity index is 1.62. The number of hydrogen-bond acceptors (Lipinski definition) is 7. The lowest BCUT2D eigenvalue weighted by molar-refractivity contribution is -0.385. The van der Waals surface area contributed by atoms with Crippen molar-refractivity contribution in [2.75, 3.05) is 45.2 Å². The molecule has 0 spiro atoms. The Morgan fingerprint density at radius 3 is 2.59 bits per heavy atom. The predicted molar refractivity (Wildman–Crippen MR) is 142 cm³/mol. The minimum Gasteiger partial charge on any atom is -0.444 e. The number of likely N-dealkylation sites (N-methyl/N-ethyl adjacent to an activating group) is 1. The van der Waals surface area contributed by atoms with Crippen molar-refractivity contribution in [2.24, 2.45) is 5.92 Å². The van der Waals surface area contributed by atoms with E-state index in [4.69, 9.17) is 16.3 Å². The molecule has 1 aromatic heterocycles. The molecule has 37 heavy (non-hydrogen) atoms. The monoisotopic (exact) mass is 512 g/mol. The highest BCUT2D eigenvalue weighted by molar-refractivity contribution is 5.69. The van der Waals surface area contributed by atoms with Gasteiger partial charge in [0.15, 0.2) is 0 Å². The average molecular weight is 513 g/mol. The number of nitrogens with zero attached hydrogens (tertiary/aromatic N) is 6. The van der Waals surface area contributed by atoms with E-state index in [2.05, 4.69) is 9.74 Å². The maximum atomic E-state index is 12.8. The molecule has 202 valence electrons. The molecule has 0 radical (unpaired) electrons. The zero-order valence-corrected chi connectivity index (χ0v) is 22.8. The largest absolute Gasteiger partial charge is 0.444 e. The smallest absolute Gasteiger partial charge is 0.410 e. The van der Waals surface area contributed by atoms with Crippen molar-refractivity contribution in [1.29, 1.82) is 0 Å². The number of nitro groups is 1. The van der Waals surface area contributed by atoms with E-state index < -0.39 is 5.60 Å². The van der Waals surface area contributed by atoms with Gasteiger partial charge in [0.05, 0.1) is 4.92 Å². The van der Waals surface area contributed by atoms with E-state index in [1.54, 1.807) is 4.90 Å². The van der Waals surface area contributed by atoms with Gasteiger partial charge in [-0.05, 0) is 91.3 Å². The van der Waals surface area contributed by atoms with E-state index >= 15 is 0 Å². The molecule has 2 saturated heterocycles. The standard InChI is InChI=1S/C27H40N6O4/c1-27(2,3)37-26(34)32-12-11-18(13-19(32)15-28-4)14-22-21-9-7-8-10-23(21)29-25(24(22)33(35)36)31-16-20(17-31)30(5)6/h18-20H,7-17H2,1-3,5-6H3/t18-,19-/m0/s1. The molecule has 3 heterocycles. The van der Waals surface area contributed by atoms with Crippen molar-refractivity contribution in [3.8, 4) is 0 Å². The van der Waals surface area contributed by atoms with Crippen LogP contribution in [0.25, 0.3) is 4.85 Å². The fourth-order valence-corrected chi connectivity index (χ4v) is 5.83. The van der Waals surface area contributed by atoms with Gasteiger partial charge in [-0.3, -0.25) is 15.0 Å². The molecule has 3 aliphatic rings. The van der Waals surface area contributed by atoms with Gasteiger partial charge in [0.25, 0.3) is 0 Å². The summed E-state index contributed by atoms with van der Waals surface area (Å²) in [6.07, 6.45) is 5.30. The van der Waals surface area contributed by atoms with Gasteiger partial charge < -0.3 is 19.4 Å². The van der Waals surface area contributed by atoms with Crippen LogP contribution < -0.4 is 4.90 Å². The van der Waals surface area contributed by atoms with Crippen molar-refractivity contribution in [2.45, 2.75) is 83.4 Å². The predicted octanol–water partition coefficient (Wildman–Crippen LogP) is 4.10. The molecule has 4 rings (SSSR count). The Bertz CT molecular complexity index is 1070. The summed E-state index contributed by atoms with van der Waals surface area (Å²) in [6, 6.07) is 0.117. The lowest BCUT2D eigenvalue weighted by atomic mass is 9.82. The van der Waals surface area contributed by atoms with E-state index in [1.165, 1.54) is 0 Å². The van der Waals surface area contributed by atoms with Crippen LogP contribution in [0.5, 0.6) is 0 Å². The highest BCUT2D eigenvalue weighted by Crippen LogP contribution is 2.41. The van der Waals surface area contributed by atoms with Crippen molar-refractivity contribution in [3.05, 3.63) is 38.4 Å². The Hall–Kier alpha value is -2.93. The molecule has 0 N–H and O–H groups in total. The Morgan fingerprint density at radius 2 is 1.97 bits per heavy atom. The number of anilines is 1. The van der Waals surface area contributed by atoms with Crippen LogP contribution in [0.15, 0.2) is 0 Å². The van der Waals surface area contributed by atoms with Crippen LogP contribution in [0, 0.1) is 22.6 Å². The number of fused-ring (bicyclic) bond motifs is 1. The topological polar surface area (TPSA) is 96.4 Å². The first-order chi connectivity index (χ1) is 17.5. The molecule has 10 heteroatoms. The van der Waals surface area contributed by atoms with Crippen LogP contribution >= 0.6 is 0 Å². The van der Waals surface area contributed by atoms with Gasteiger partial charge in [0, 0.05) is 36.9 Å². The molecule has 0 bridgehead atoms. The quantitative estimate of drug-likeness (QED) is 0.322. The van der Waals surface area contributed by atoms with Gasteiger partial charge >= 0.3 is 11.8 Å². The van der Waals surface area contributed by atoms with Crippen LogP contribution in [0.2, 0.25) is 0 Å². The maximum Gasteiger partial charge on any atom is 0.410 e. The van der Waals surface area contributed by atoms with Crippen LogP contribution in [0.3, 0.4) is 0 Å². The summed E-state index contributed by atoms with van der Waals surface area (Å²) in [5.74, 6) is 0.666. The Labute approximate surface area is 219 Å². The third kappa shape index (κ3) is 5.98. The van der Waals surface area contributed by atoms with Gasteiger partial charge in [-0.1, -0.05) is 0 Å². The summed E-state index contributed by atoms with van der Waals surface area (Å²) in [4.78, 5) is 39.4. The van der Waals surface area contributed by atoms with E-state index in [0.717, 1.165) is 62.0 Å². The highest BCUT2D eigenvalue weighted by atomic mass is 16.6. The third-order valence-corrected chi connectivity index (χ3v) is 7.86. The molecule has 10 nitrogen and oxygen atoms in total. The van der Waals surface area contributed by atoms with E-state index in [9.17, 15) is 14.9 Å². The molecule has 2 aliphatic heterocycles. The van der Waals surface area contributed by atoms with Crippen LogP contribution in [0.1, 0.15) is 63.3 Å². The molecule has 2 fully saturated rings. The van der Waals surface area contributed by atoms with Crippen LogP contribution in [-0.4, -0.2) is 83.8 Å². The summed E-state index contributed by atoms with van der Waals surface area (Å²) in [6.45, 7) is 15.1. The number of ether oxygens (including phenoxy) is 1.